The summed E-state index contributed by atoms with van der Waals surface area (Å²) < 4.78 is 32.1. The molecule has 0 saturated carbocycles. The molecule has 9 heteroatoms. The minimum absolute atomic E-state index is 0.136. The van der Waals surface area contributed by atoms with Crippen molar-refractivity contribution in [1.29, 1.82) is 0 Å². The minimum Gasteiger partial charge on any atom is -0.215 e. The third-order valence-electron chi connectivity index (χ3n) is 2.03. The molecule has 0 N–H and O–H groups in total. The Morgan fingerprint density at radius 1 is 0.941 bits per heavy atom. The van der Waals surface area contributed by atoms with Gasteiger partial charge in [0.15, 0.2) is 10.1 Å². The van der Waals surface area contributed by atoms with Crippen LogP contribution in [0.25, 0.3) is 0 Å². The Balaban J connectivity index is 2.66. The van der Waals surface area contributed by atoms with Gasteiger partial charge >= 0.3 is 0 Å². The molecule has 2 aromatic rings. The van der Waals surface area contributed by atoms with E-state index < -0.39 is 9.84 Å². The summed E-state index contributed by atoms with van der Waals surface area (Å²) in [6.45, 7) is 3.40. The van der Waals surface area contributed by atoms with Gasteiger partial charge in [-0.3, -0.25) is 0 Å². The van der Waals surface area contributed by atoms with E-state index in [-0.39, 0.29) is 20.1 Å². The number of sulfone groups is 1. The second kappa shape index (κ2) is 4.47. The fraction of sp³-hybridized carbons (Fsp3) is 0.250. The largest absolute Gasteiger partial charge is 0.246 e. The van der Waals surface area contributed by atoms with Crippen LogP contribution in [0, 0.1) is 13.8 Å². The lowest BCUT2D eigenvalue weighted by atomic mass is 10.5. The monoisotopic (exact) mass is 328 g/mol. The lowest BCUT2D eigenvalue weighted by Crippen LogP contribution is -2.04. The van der Waals surface area contributed by atoms with E-state index in [0.717, 1.165) is 23.1 Å². The number of hydrogen-bond donors (Lipinski definition) is 0. The van der Waals surface area contributed by atoms with E-state index in [1.807, 2.05) is 0 Å². The molecule has 2 rings (SSSR count). The molecule has 0 aliphatic rings. The Kier molecular flexibility index (Phi) is 3.48. The predicted molar refractivity (Wildman–Crippen MR) is 69.2 cm³/mol. The molecule has 2 aromatic heterocycles. The normalized spacial score (nSPS) is 12.0. The fourth-order valence-electron chi connectivity index (χ4n) is 1.11. The maximum absolute atomic E-state index is 12.2. The van der Waals surface area contributed by atoms with E-state index in [1.165, 1.54) is 0 Å². The van der Waals surface area contributed by atoms with Crippen molar-refractivity contribution in [1.82, 2.24) is 8.75 Å². The van der Waals surface area contributed by atoms with Gasteiger partial charge < -0.3 is 0 Å². The highest BCUT2D eigenvalue weighted by Gasteiger charge is 2.30. The Hall–Kier alpha value is -0.210. The number of rotatable bonds is 2. The van der Waals surface area contributed by atoms with Crippen molar-refractivity contribution in [3.05, 3.63) is 19.8 Å². The molecule has 4 nitrogen and oxygen atoms in total. The van der Waals surface area contributed by atoms with Gasteiger partial charge in [-0.2, -0.15) is 8.75 Å². The molecule has 0 fully saturated rings. The summed E-state index contributed by atoms with van der Waals surface area (Å²) in [7, 11) is -3.82. The smallest absolute Gasteiger partial charge is 0.215 e. The van der Waals surface area contributed by atoms with E-state index >= 15 is 0 Å². The molecule has 0 radical (unpaired) electrons. The van der Waals surface area contributed by atoms with Crippen LogP contribution < -0.4 is 0 Å². The molecule has 0 aromatic carbocycles. The van der Waals surface area contributed by atoms with Crippen LogP contribution in [0.3, 0.4) is 0 Å². The van der Waals surface area contributed by atoms with Gasteiger partial charge in [0.05, 0.1) is 10.0 Å². The van der Waals surface area contributed by atoms with Gasteiger partial charge in [0, 0.05) is 9.75 Å². The Morgan fingerprint density at radius 3 is 1.53 bits per heavy atom. The number of aryl methyl sites for hydroxylation is 2. The number of nitrogens with zero attached hydrogens (tertiary/aromatic N) is 2. The van der Waals surface area contributed by atoms with Gasteiger partial charge in [-0.05, 0) is 36.9 Å². The summed E-state index contributed by atoms with van der Waals surface area (Å²) >= 11 is 13.9. The molecule has 92 valence electrons. The van der Waals surface area contributed by atoms with Gasteiger partial charge in [-0.1, -0.05) is 23.2 Å². The van der Waals surface area contributed by atoms with E-state index in [0.29, 0.717) is 9.75 Å². The number of halogens is 2. The Labute approximate surface area is 116 Å². The summed E-state index contributed by atoms with van der Waals surface area (Å²) in [6.07, 6.45) is 0. The molecule has 0 amide bonds. The van der Waals surface area contributed by atoms with Crippen LogP contribution in [0.15, 0.2) is 10.1 Å². The molecule has 0 unspecified atom stereocenters. The molecule has 0 aliphatic carbocycles. The second-order valence-corrected chi connectivity index (χ2v) is 7.71. The van der Waals surface area contributed by atoms with Gasteiger partial charge in [0.2, 0.25) is 9.84 Å². The highest BCUT2D eigenvalue weighted by molar-refractivity contribution is 7.91. The summed E-state index contributed by atoms with van der Waals surface area (Å²) in [4.78, 5) is 1.29. The van der Waals surface area contributed by atoms with Crippen molar-refractivity contribution in [3.8, 4) is 0 Å². The van der Waals surface area contributed by atoms with Crippen LogP contribution in [-0.2, 0) is 9.84 Å². The van der Waals surface area contributed by atoms with Crippen LogP contribution in [0.2, 0.25) is 10.0 Å². The van der Waals surface area contributed by atoms with Gasteiger partial charge in [-0.15, -0.1) is 0 Å². The van der Waals surface area contributed by atoms with Gasteiger partial charge in [-0.25, -0.2) is 8.42 Å². The van der Waals surface area contributed by atoms with Crippen LogP contribution in [-0.4, -0.2) is 17.2 Å². The second-order valence-electron chi connectivity index (χ2n) is 3.22. The van der Waals surface area contributed by atoms with Crippen molar-refractivity contribution < 1.29 is 8.42 Å². The van der Waals surface area contributed by atoms with E-state index in [4.69, 9.17) is 23.2 Å². The molecule has 0 bridgehead atoms. The van der Waals surface area contributed by atoms with Crippen LogP contribution in [0.1, 0.15) is 9.75 Å². The maximum atomic E-state index is 12.2. The third-order valence-corrected chi connectivity index (χ3v) is 6.75. The molecule has 2 heterocycles. The first-order valence-corrected chi connectivity index (χ1v) is 8.13. The van der Waals surface area contributed by atoms with Gasteiger partial charge in [0.1, 0.15) is 0 Å². The van der Waals surface area contributed by atoms with Crippen molar-refractivity contribution in [2.24, 2.45) is 0 Å². The SMILES string of the molecule is Cc1snc(S(=O)(=O)c2nsc(C)c2Cl)c1Cl. The standard InChI is InChI=1S/C8H6Cl2N2O2S3/c1-3-5(9)7(11-15-3)17(13,14)8-6(10)4(2)16-12-8/h1-2H3. The lowest BCUT2D eigenvalue weighted by molar-refractivity contribution is 0.591. The Bertz CT molecular complexity index is 623. The van der Waals surface area contributed by atoms with Crippen molar-refractivity contribution in [3.63, 3.8) is 0 Å². The van der Waals surface area contributed by atoms with Crippen molar-refractivity contribution in [2.75, 3.05) is 0 Å². The van der Waals surface area contributed by atoms with E-state index in [9.17, 15) is 8.42 Å². The van der Waals surface area contributed by atoms with Crippen molar-refractivity contribution in [2.45, 2.75) is 23.9 Å². The molecular formula is C8H6Cl2N2O2S3. The summed E-state index contributed by atoms with van der Waals surface area (Å²) in [5.74, 6) is 0. The summed E-state index contributed by atoms with van der Waals surface area (Å²) in [6, 6.07) is 0. The zero-order valence-corrected chi connectivity index (χ0v) is 12.7. The zero-order valence-electron chi connectivity index (χ0n) is 8.69. The first-order chi connectivity index (χ1) is 7.85. The fourth-order valence-corrected chi connectivity index (χ4v) is 5.18. The molecule has 0 saturated heterocycles. The average molecular weight is 329 g/mol. The third kappa shape index (κ3) is 2.10. The zero-order chi connectivity index (χ0) is 12.8. The lowest BCUT2D eigenvalue weighted by Gasteiger charge is -1.98. The summed E-state index contributed by atoms with van der Waals surface area (Å²) in [5.41, 5.74) is 0. The topological polar surface area (TPSA) is 59.9 Å². The number of hydrogen-bond acceptors (Lipinski definition) is 6. The number of aromatic nitrogens is 2. The Morgan fingerprint density at radius 2 is 1.29 bits per heavy atom. The molecule has 0 spiro atoms. The maximum Gasteiger partial charge on any atom is 0.246 e. The van der Waals surface area contributed by atoms with E-state index in [2.05, 4.69) is 8.75 Å². The summed E-state index contributed by atoms with van der Waals surface area (Å²) in [5, 5.41) is -0.0730. The van der Waals surface area contributed by atoms with Crippen molar-refractivity contribution >= 4 is 56.1 Å². The first kappa shape index (κ1) is 13.2. The highest BCUT2D eigenvalue weighted by Crippen LogP contribution is 2.35. The molecule has 17 heavy (non-hydrogen) atoms. The van der Waals surface area contributed by atoms with Crippen LogP contribution in [0.4, 0.5) is 0 Å². The van der Waals surface area contributed by atoms with Crippen LogP contribution in [0.5, 0.6) is 0 Å². The average Bonchev–Trinajstić information content (AvgIpc) is 2.75. The van der Waals surface area contributed by atoms with E-state index in [1.54, 1.807) is 13.8 Å². The first-order valence-electron chi connectivity index (χ1n) is 4.34. The predicted octanol–water partition coefficient (Wildman–Crippen LogP) is 3.36. The molecule has 0 aliphatic heterocycles. The highest BCUT2D eigenvalue weighted by atomic mass is 35.5. The van der Waals surface area contributed by atoms with Crippen LogP contribution >= 0.6 is 46.3 Å². The van der Waals surface area contributed by atoms with Gasteiger partial charge in [0.25, 0.3) is 0 Å². The molecular weight excluding hydrogens is 323 g/mol. The molecule has 0 atom stereocenters. The quantitative estimate of drug-likeness (QED) is 0.848. The minimum atomic E-state index is -3.82.